The van der Waals surface area contributed by atoms with Crippen LogP contribution in [0, 0.1) is 11.3 Å². The monoisotopic (exact) mass is 248 g/mol. The Morgan fingerprint density at radius 1 is 1.56 bits per heavy atom. The summed E-state index contributed by atoms with van der Waals surface area (Å²) in [4.78, 5) is 12.7. The van der Waals surface area contributed by atoms with Crippen molar-refractivity contribution >= 4 is 11.7 Å². The van der Waals surface area contributed by atoms with E-state index in [0.717, 1.165) is 18.7 Å². The topological polar surface area (TPSA) is 73.6 Å². The predicted molar refractivity (Wildman–Crippen MR) is 67.9 cm³/mol. The summed E-state index contributed by atoms with van der Waals surface area (Å²) in [7, 11) is 3.51. The van der Waals surface area contributed by atoms with Crippen molar-refractivity contribution in [3.63, 3.8) is 0 Å². The molecule has 0 radical (unpaired) electrons. The Balaban J connectivity index is 2.88. The Kier molecular flexibility index (Phi) is 5.15. The third-order valence-corrected chi connectivity index (χ3v) is 2.62. The van der Waals surface area contributed by atoms with Gasteiger partial charge < -0.3 is 14.7 Å². The summed E-state index contributed by atoms with van der Waals surface area (Å²) in [5.41, 5.74) is 1.23. The Bertz CT molecular complexity index is 466. The van der Waals surface area contributed by atoms with Crippen LogP contribution in [0.1, 0.15) is 22.3 Å². The molecule has 0 aliphatic rings. The Labute approximate surface area is 106 Å². The van der Waals surface area contributed by atoms with Gasteiger partial charge in [-0.1, -0.05) is 0 Å². The highest BCUT2D eigenvalue weighted by Crippen LogP contribution is 2.20. The number of hydrogen-bond donors (Lipinski definition) is 1. The van der Waals surface area contributed by atoms with E-state index in [1.807, 2.05) is 18.0 Å². The second-order valence-corrected chi connectivity index (χ2v) is 3.92. The van der Waals surface area contributed by atoms with Crippen molar-refractivity contribution in [1.29, 1.82) is 5.26 Å². The number of aromatic carboxylic acids is 1. The zero-order valence-electron chi connectivity index (χ0n) is 10.5. The molecule has 0 heterocycles. The molecule has 0 saturated carbocycles. The van der Waals surface area contributed by atoms with E-state index in [4.69, 9.17) is 15.1 Å². The van der Waals surface area contributed by atoms with Gasteiger partial charge in [0.15, 0.2) is 0 Å². The lowest BCUT2D eigenvalue weighted by Gasteiger charge is -2.20. The van der Waals surface area contributed by atoms with Crippen LogP contribution in [0.25, 0.3) is 0 Å². The third kappa shape index (κ3) is 3.47. The van der Waals surface area contributed by atoms with Crippen molar-refractivity contribution in [3.05, 3.63) is 29.3 Å². The first-order valence-corrected chi connectivity index (χ1v) is 5.57. The molecule has 1 rings (SSSR count). The van der Waals surface area contributed by atoms with Crippen molar-refractivity contribution in [2.24, 2.45) is 0 Å². The van der Waals surface area contributed by atoms with Gasteiger partial charge in [-0.25, -0.2) is 4.79 Å². The molecule has 1 aromatic rings. The summed E-state index contributed by atoms with van der Waals surface area (Å²) < 4.78 is 4.97. The van der Waals surface area contributed by atoms with Crippen LogP contribution in [-0.4, -0.2) is 38.4 Å². The zero-order valence-corrected chi connectivity index (χ0v) is 10.5. The molecule has 18 heavy (non-hydrogen) atoms. The standard InChI is InChI=1S/C13H16N2O3/c1-15(6-3-7-18-2)12-5-4-10(13(16)17)8-11(12)9-14/h4-5,8H,3,6-7H2,1-2H3,(H,16,17). The van der Waals surface area contributed by atoms with Crippen LogP contribution in [0.5, 0.6) is 0 Å². The molecule has 0 unspecified atom stereocenters. The first-order chi connectivity index (χ1) is 8.60. The molecular formula is C13H16N2O3. The van der Waals surface area contributed by atoms with E-state index in [0.29, 0.717) is 12.2 Å². The normalized spacial score (nSPS) is 9.83. The maximum atomic E-state index is 10.8. The van der Waals surface area contributed by atoms with E-state index in [2.05, 4.69) is 0 Å². The summed E-state index contributed by atoms with van der Waals surface area (Å²) in [5.74, 6) is -1.03. The number of nitriles is 1. The van der Waals surface area contributed by atoms with E-state index in [1.165, 1.54) is 12.1 Å². The largest absolute Gasteiger partial charge is 0.478 e. The highest BCUT2D eigenvalue weighted by Gasteiger charge is 2.11. The van der Waals surface area contributed by atoms with Crippen LogP contribution in [-0.2, 0) is 4.74 Å². The number of hydrogen-bond acceptors (Lipinski definition) is 4. The lowest BCUT2D eigenvalue weighted by Crippen LogP contribution is -2.20. The Morgan fingerprint density at radius 2 is 2.28 bits per heavy atom. The number of benzene rings is 1. The van der Waals surface area contributed by atoms with Crippen molar-refractivity contribution in [1.82, 2.24) is 0 Å². The first kappa shape index (κ1) is 14.0. The van der Waals surface area contributed by atoms with E-state index in [1.54, 1.807) is 13.2 Å². The van der Waals surface area contributed by atoms with Crippen molar-refractivity contribution < 1.29 is 14.6 Å². The highest BCUT2D eigenvalue weighted by molar-refractivity contribution is 5.89. The van der Waals surface area contributed by atoms with Crippen LogP contribution in [0.4, 0.5) is 5.69 Å². The summed E-state index contributed by atoms with van der Waals surface area (Å²) in [6.07, 6.45) is 0.846. The number of carboxylic acids is 1. The van der Waals surface area contributed by atoms with E-state index in [9.17, 15) is 4.79 Å². The molecule has 5 heteroatoms. The highest BCUT2D eigenvalue weighted by atomic mass is 16.5. The molecule has 0 atom stereocenters. The zero-order chi connectivity index (χ0) is 13.5. The molecule has 96 valence electrons. The van der Waals surface area contributed by atoms with Crippen LogP contribution in [0.3, 0.4) is 0 Å². The Morgan fingerprint density at radius 3 is 2.83 bits per heavy atom. The fourth-order valence-corrected chi connectivity index (χ4v) is 1.66. The number of nitrogens with zero attached hydrogens (tertiary/aromatic N) is 2. The fourth-order valence-electron chi connectivity index (χ4n) is 1.66. The molecule has 0 spiro atoms. The van der Waals surface area contributed by atoms with Crippen molar-refractivity contribution in [2.75, 3.05) is 32.2 Å². The molecule has 1 N–H and O–H groups in total. The number of ether oxygens (including phenoxy) is 1. The molecule has 0 aliphatic carbocycles. The summed E-state index contributed by atoms with van der Waals surface area (Å²) in [6, 6.07) is 6.59. The molecule has 0 saturated heterocycles. The summed E-state index contributed by atoms with van der Waals surface area (Å²) >= 11 is 0. The molecule has 1 aromatic carbocycles. The van der Waals surface area contributed by atoms with Crippen LogP contribution in [0.2, 0.25) is 0 Å². The summed E-state index contributed by atoms with van der Waals surface area (Å²) in [6.45, 7) is 1.40. The van der Waals surface area contributed by atoms with Gasteiger partial charge in [0.05, 0.1) is 16.8 Å². The minimum atomic E-state index is -1.03. The van der Waals surface area contributed by atoms with Gasteiger partial charge >= 0.3 is 5.97 Å². The number of anilines is 1. The molecule has 5 nitrogen and oxygen atoms in total. The smallest absolute Gasteiger partial charge is 0.335 e. The van der Waals surface area contributed by atoms with Crippen LogP contribution >= 0.6 is 0 Å². The average molecular weight is 248 g/mol. The van der Waals surface area contributed by atoms with E-state index < -0.39 is 5.97 Å². The van der Waals surface area contributed by atoms with Crippen molar-refractivity contribution in [3.8, 4) is 6.07 Å². The van der Waals surface area contributed by atoms with E-state index >= 15 is 0 Å². The second-order valence-electron chi connectivity index (χ2n) is 3.92. The van der Waals surface area contributed by atoms with Crippen LogP contribution < -0.4 is 4.90 Å². The van der Waals surface area contributed by atoms with Gasteiger partial charge in [0.2, 0.25) is 0 Å². The SMILES string of the molecule is COCCCN(C)c1ccc(C(=O)O)cc1C#N. The predicted octanol–water partition coefficient (Wildman–Crippen LogP) is 1.73. The van der Waals surface area contributed by atoms with Gasteiger partial charge in [-0.15, -0.1) is 0 Å². The lowest BCUT2D eigenvalue weighted by atomic mass is 10.1. The lowest BCUT2D eigenvalue weighted by molar-refractivity contribution is 0.0697. The van der Waals surface area contributed by atoms with E-state index in [-0.39, 0.29) is 5.56 Å². The third-order valence-electron chi connectivity index (χ3n) is 2.62. The van der Waals surface area contributed by atoms with Crippen LogP contribution in [0.15, 0.2) is 18.2 Å². The number of methoxy groups -OCH3 is 1. The minimum absolute atomic E-state index is 0.126. The molecule has 0 fully saturated rings. The van der Waals surface area contributed by atoms with Gasteiger partial charge in [0.25, 0.3) is 0 Å². The number of carbonyl (C=O) groups is 1. The van der Waals surface area contributed by atoms with Gasteiger partial charge in [-0.3, -0.25) is 0 Å². The number of carboxylic acid groups (broad SMARTS) is 1. The van der Waals surface area contributed by atoms with Gasteiger partial charge in [0, 0.05) is 27.3 Å². The molecular weight excluding hydrogens is 232 g/mol. The minimum Gasteiger partial charge on any atom is -0.478 e. The fraction of sp³-hybridized carbons (Fsp3) is 0.385. The Hall–Kier alpha value is -2.06. The van der Waals surface area contributed by atoms with Crippen molar-refractivity contribution in [2.45, 2.75) is 6.42 Å². The molecule has 0 amide bonds. The second kappa shape index (κ2) is 6.62. The van der Waals surface area contributed by atoms with Gasteiger partial charge in [0.1, 0.15) is 6.07 Å². The maximum Gasteiger partial charge on any atom is 0.335 e. The summed E-state index contributed by atoms with van der Waals surface area (Å²) in [5, 5.41) is 17.9. The maximum absolute atomic E-state index is 10.8. The number of rotatable bonds is 6. The average Bonchev–Trinajstić information content (AvgIpc) is 2.38. The molecule has 0 aromatic heterocycles. The van der Waals surface area contributed by atoms with Gasteiger partial charge in [-0.05, 0) is 24.6 Å². The molecule has 0 aliphatic heterocycles. The molecule has 0 bridgehead atoms. The quantitative estimate of drug-likeness (QED) is 0.776. The first-order valence-electron chi connectivity index (χ1n) is 5.57. The van der Waals surface area contributed by atoms with Gasteiger partial charge in [-0.2, -0.15) is 5.26 Å².